The van der Waals surface area contributed by atoms with E-state index in [0.717, 1.165) is 0 Å². The van der Waals surface area contributed by atoms with Crippen LogP contribution in [0, 0.1) is 0 Å². The van der Waals surface area contributed by atoms with Gasteiger partial charge in [0.25, 0.3) is 0 Å². The van der Waals surface area contributed by atoms with Crippen molar-refractivity contribution in [3.05, 3.63) is 0 Å². The first kappa shape index (κ1) is 17.1. The number of carboxylic acids is 2. The Morgan fingerprint density at radius 1 is 1.10 bits per heavy atom. The fourth-order valence-electron chi connectivity index (χ4n) is 0.106. The van der Waals surface area contributed by atoms with Crippen LogP contribution in [0.25, 0.3) is 0 Å². The molecule has 0 unspecified atom stereocenters. The maximum absolute atomic E-state index is 9.51. The van der Waals surface area contributed by atoms with Crippen LogP contribution in [0.1, 0.15) is 2.85 Å². The molecule has 0 saturated heterocycles. The van der Waals surface area contributed by atoms with Gasteiger partial charge >= 0.3 is 71.1 Å². The second-order valence-electron chi connectivity index (χ2n) is 1.08. The van der Waals surface area contributed by atoms with Crippen molar-refractivity contribution >= 4 is 11.9 Å². The maximum atomic E-state index is 9.51. The molecule has 0 spiro atoms. The number of carbonyl (C=O) groups is 2. The molecule has 5 nitrogen and oxygen atoms in total. The van der Waals surface area contributed by atoms with Crippen molar-refractivity contribution in [2.24, 2.45) is 0 Å². The van der Waals surface area contributed by atoms with E-state index in [1.54, 1.807) is 0 Å². The molecule has 0 heterocycles. The zero-order valence-electron chi connectivity index (χ0n) is 7.74. The molecule has 3 N–H and O–H groups in total. The Hall–Kier alpha value is 0.900. The van der Waals surface area contributed by atoms with Gasteiger partial charge in [-0.3, -0.25) is 0 Å². The molecule has 50 valence electrons. The molecule has 0 saturated carbocycles. The molecular formula is C3H6Na2O5. The van der Waals surface area contributed by atoms with Crippen molar-refractivity contribution in [2.75, 3.05) is 0 Å². The van der Waals surface area contributed by atoms with E-state index in [2.05, 4.69) is 0 Å². The number of aliphatic hydroxyl groups is 1. The fraction of sp³-hybridized carbons (Fsp3) is 0.333. The smallest absolute Gasteiger partial charge is 1.00 e. The summed E-state index contributed by atoms with van der Waals surface area (Å²) in [5.74, 6) is -3.50. The monoisotopic (exact) mass is 168 g/mol. The second kappa shape index (κ2) is 8.00. The van der Waals surface area contributed by atoms with Gasteiger partial charge in [0.15, 0.2) is 0 Å². The van der Waals surface area contributed by atoms with Gasteiger partial charge in [-0.2, -0.15) is 0 Å². The Kier molecular flexibility index (Phi) is 13.7. The Labute approximate surface area is 104 Å². The van der Waals surface area contributed by atoms with Crippen LogP contribution in [0.4, 0.5) is 0 Å². The Balaban J connectivity index is -0.0000000408. The van der Waals surface area contributed by atoms with Crippen LogP contribution < -0.4 is 59.1 Å². The van der Waals surface area contributed by atoms with Gasteiger partial charge in [0, 0.05) is 0 Å². The molecule has 0 aromatic carbocycles. The molecule has 0 fully saturated rings. The summed E-state index contributed by atoms with van der Waals surface area (Å²) < 4.78 is 0. The van der Waals surface area contributed by atoms with Crippen LogP contribution in [0.2, 0.25) is 0 Å². The minimum atomic E-state index is -2.30. The van der Waals surface area contributed by atoms with E-state index in [1.165, 1.54) is 0 Å². The minimum absolute atomic E-state index is 0. The fourth-order valence-corrected chi connectivity index (χ4v) is 0.106. The molecule has 0 radical (unpaired) electrons. The molecule has 0 bridgehead atoms. The Bertz CT molecular complexity index is 118. The van der Waals surface area contributed by atoms with Crippen molar-refractivity contribution < 1.29 is 86.9 Å². The van der Waals surface area contributed by atoms with Crippen LogP contribution in [0.5, 0.6) is 0 Å². The summed E-state index contributed by atoms with van der Waals surface area (Å²) in [5, 5.41) is 23.4. The molecule has 0 aliphatic carbocycles. The molecular weight excluding hydrogens is 162 g/mol. The summed E-state index contributed by atoms with van der Waals surface area (Å²) >= 11 is 0. The minimum Gasteiger partial charge on any atom is -1.00 e. The van der Waals surface area contributed by atoms with Crippen molar-refractivity contribution in [2.45, 2.75) is 6.10 Å². The zero-order chi connectivity index (χ0) is 6.73. The topological polar surface area (TPSA) is 94.8 Å². The maximum Gasteiger partial charge on any atom is 1.00 e. The summed E-state index contributed by atoms with van der Waals surface area (Å²) in [6.45, 7) is 0. The van der Waals surface area contributed by atoms with Gasteiger partial charge < -0.3 is 18.2 Å². The van der Waals surface area contributed by atoms with Gasteiger partial charge in [0.2, 0.25) is 6.10 Å². The number of rotatable bonds is 2. The number of aliphatic hydroxyl groups excluding tert-OH is 1. The third-order valence-electron chi connectivity index (χ3n) is 0.468. The van der Waals surface area contributed by atoms with E-state index in [-0.39, 0.29) is 62.0 Å². The van der Waals surface area contributed by atoms with E-state index < -0.39 is 18.0 Å². The molecule has 0 aromatic rings. The largest absolute Gasteiger partial charge is 1.00 e. The number of aliphatic carboxylic acids is 2. The van der Waals surface area contributed by atoms with Crippen LogP contribution in [-0.4, -0.2) is 33.4 Å². The van der Waals surface area contributed by atoms with Crippen molar-refractivity contribution in [3.8, 4) is 0 Å². The van der Waals surface area contributed by atoms with Gasteiger partial charge in [-0.25, -0.2) is 9.59 Å². The van der Waals surface area contributed by atoms with Crippen molar-refractivity contribution in [1.29, 1.82) is 0 Å². The molecule has 0 amide bonds. The van der Waals surface area contributed by atoms with Crippen molar-refractivity contribution in [3.63, 3.8) is 0 Å². The van der Waals surface area contributed by atoms with Gasteiger partial charge in [-0.15, -0.1) is 0 Å². The van der Waals surface area contributed by atoms with Crippen LogP contribution in [-0.2, 0) is 9.59 Å². The molecule has 0 aliphatic rings. The molecule has 0 rings (SSSR count). The zero-order valence-corrected chi connectivity index (χ0v) is 9.74. The van der Waals surface area contributed by atoms with E-state index in [1.807, 2.05) is 0 Å². The van der Waals surface area contributed by atoms with E-state index >= 15 is 0 Å². The van der Waals surface area contributed by atoms with Gasteiger partial charge in [-0.05, 0) is 0 Å². The summed E-state index contributed by atoms with van der Waals surface area (Å²) in [6.07, 6.45) is -2.30. The third-order valence-corrected chi connectivity index (χ3v) is 0.468. The predicted octanol–water partition coefficient (Wildman–Crippen LogP) is -7.25. The van der Waals surface area contributed by atoms with Gasteiger partial charge in [0.1, 0.15) is 0 Å². The normalized spacial score (nSPS) is 7.40. The number of hydrogen-bond acceptors (Lipinski definition) is 3. The molecule has 10 heavy (non-hydrogen) atoms. The molecule has 0 aliphatic heterocycles. The summed E-state index contributed by atoms with van der Waals surface area (Å²) in [6, 6.07) is 0. The summed E-state index contributed by atoms with van der Waals surface area (Å²) in [5.41, 5.74) is 0. The number of carboxylic acid groups (broad SMARTS) is 2. The quantitative estimate of drug-likeness (QED) is 0.281. The van der Waals surface area contributed by atoms with Gasteiger partial charge in [-0.1, -0.05) is 0 Å². The first-order valence-corrected chi connectivity index (χ1v) is 1.69. The summed E-state index contributed by atoms with van der Waals surface area (Å²) in [7, 11) is 0. The van der Waals surface area contributed by atoms with E-state index in [4.69, 9.17) is 15.3 Å². The third kappa shape index (κ3) is 7.01. The Morgan fingerprint density at radius 2 is 1.30 bits per heavy atom. The second-order valence-corrected chi connectivity index (χ2v) is 1.08. The first-order valence-electron chi connectivity index (χ1n) is 1.69. The molecule has 0 aromatic heterocycles. The van der Waals surface area contributed by atoms with Crippen LogP contribution in [0.15, 0.2) is 0 Å². The SMILES string of the molecule is O=C(O)C(O)C(=O)O.[H-].[H-].[Na+].[Na+]. The first-order chi connectivity index (χ1) is 3.55. The van der Waals surface area contributed by atoms with Crippen molar-refractivity contribution in [1.82, 2.24) is 0 Å². The molecule has 0 atom stereocenters. The van der Waals surface area contributed by atoms with Gasteiger partial charge in [0.05, 0.1) is 0 Å². The average molecular weight is 168 g/mol. The van der Waals surface area contributed by atoms with E-state index in [0.29, 0.717) is 0 Å². The standard InChI is InChI=1S/C3H4O5.2Na.2H/c4-1(2(5)6)3(7)8;;;;/h1,4H,(H,5,6)(H,7,8);;;;/q;2*+1;2*-1. The van der Waals surface area contributed by atoms with Crippen LogP contribution in [0.3, 0.4) is 0 Å². The average Bonchev–Trinajstić information content (AvgIpc) is 1.64. The number of hydrogen-bond donors (Lipinski definition) is 3. The molecule has 7 heteroatoms. The van der Waals surface area contributed by atoms with Crippen LogP contribution >= 0.6 is 0 Å². The van der Waals surface area contributed by atoms with E-state index in [9.17, 15) is 9.59 Å². The predicted molar refractivity (Wildman–Crippen MR) is 23.5 cm³/mol. The summed E-state index contributed by atoms with van der Waals surface area (Å²) in [4.78, 5) is 19.0. The Morgan fingerprint density at radius 3 is 1.30 bits per heavy atom.